The first-order valence-electron chi connectivity index (χ1n) is 13.2. The molecule has 196 valence electrons. The number of hydrogen-bond acceptors (Lipinski definition) is 3. The van der Waals surface area contributed by atoms with Crippen molar-refractivity contribution < 1.29 is 23.7 Å². The summed E-state index contributed by atoms with van der Waals surface area (Å²) < 4.78 is 30.4. The van der Waals surface area contributed by atoms with Crippen molar-refractivity contribution in [3.63, 3.8) is 0 Å². The summed E-state index contributed by atoms with van der Waals surface area (Å²) >= 11 is 0. The van der Waals surface area contributed by atoms with Crippen molar-refractivity contribution in [1.29, 1.82) is 0 Å². The number of ether oxygens (including phenoxy) is 1. The van der Waals surface area contributed by atoms with Gasteiger partial charge in [0.1, 0.15) is 12.3 Å². The third kappa shape index (κ3) is 15.6. The zero-order valence-corrected chi connectivity index (χ0v) is 22.7. The molecule has 0 amide bonds. The van der Waals surface area contributed by atoms with Gasteiger partial charge < -0.3 is 14.9 Å². The number of hydrogen-bond donors (Lipinski definition) is 2. The topological polar surface area (TPSA) is 49.7 Å². The lowest BCUT2D eigenvalue weighted by atomic mass is 9.76. The van der Waals surface area contributed by atoms with Crippen molar-refractivity contribution in [2.75, 3.05) is 13.2 Å². The monoisotopic (exact) mass is 466 g/mol. The van der Waals surface area contributed by atoms with E-state index in [1.54, 1.807) is 0 Å². The van der Waals surface area contributed by atoms with Gasteiger partial charge in [0.15, 0.2) is 0 Å². The summed E-state index contributed by atoms with van der Waals surface area (Å²) in [5.74, 6) is 1.80. The van der Waals surface area contributed by atoms with Gasteiger partial charge in [-0.1, -0.05) is 62.3 Å². The van der Waals surface area contributed by atoms with Crippen LogP contribution in [0.15, 0.2) is 0 Å². The van der Waals surface area contributed by atoms with Crippen molar-refractivity contribution >= 4 is 0 Å². The normalized spacial score (nSPS) is 32.9. The number of alkyl halides is 2. The zero-order valence-electron chi connectivity index (χ0n) is 22.7. The molecule has 5 heteroatoms. The highest BCUT2D eigenvalue weighted by atomic mass is 19.1. The molecule has 32 heavy (non-hydrogen) atoms. The molecule has 0 spiro atoms. The fourth-order valence-corrected chi connectivity index (χ4v) is 4.15. The van der Waals surface area contributed by atoms with E-state index >= 15 is 0 Å². The minimum absolute atomic E-state index is 0.461. The van der Waals surface area contributed by atoms with Gasteiger partial charge in [-0.15, -0.1) is 0 Å². The summed E-state index contributed by atoms with van der Waals surface area (Å²) in [6, 6.07) is 0. The molecule has 1 aliphatic heterocycles. The summed E-state index contributed by atoms with van der Waals surface area (Å²) in [6.45, 7) is 21.0. The smallest absolute Gasteiger partial charge is 0.126 e. The average Bonchev–Trinajstić information content (AvgIpc) is 2.78. The highest BCUT2D eigenvalue weighted by Crippen LogP contribution is 2.33. The third-order valence-corrected chi connectivity index (χ3v) is 6.45. The largest absolute Gasteiger partial charge is 0.390 e. The van der Waals surface area contributed by atoms with Gasteiger partial charge in [-0.3, -0.25) is 0 Å². The molecular formula is C27H56F2O3. The molecule has 3 fully saturated rings. The van der Waals surface area contributed by atoms with Crippen LogP contribution in [-0.2, 0) is 4.74 Å². The number of aliphatic hydroxyl groups is 2. The lowest BCUT2D eigenvalue weighted by molar-refractivity contribution is 0.0278. The van der Waals surface area contributed by atoms with E-state index in [4.69, 9.17) is 14.9 Å². The molecular weight excluding hydrogens is 410 g/mol. The third-order valence-electron chi connectivity index (χ3n) is 6.45. The number of halogens is 2. The Labute approximate surface area is 198 Å². The number of aliphatic hydroxyl groups excluding tert-OH is 2. The van der Waals surface area contributed by atoms with Crippen LogP contribution < -0.4 is 0 Å². The fraction of sp³-hybridized carbons (Fsp3) is 1.00. The van der Waals surface area contributed by atoms with Crippen LogP contribution >= 0.6 is 0 Å². The molecule has 0 aromatic carbocycles. The summed E-state index contributed by atoms with van der Waals surface area (Å²) in [7, 11) is 0. The second kappa shape index (κ2) is 19.1. The Balaban J connectivity index is 0. The van der Waals surface area contributed by atoms with Gasteiger partial charge in [0.25, 0.3) is 0 Å². The maximum absolute atomic E-state index is 12.6. The van der Waals surface area contributed by atoms with Crippen LogP contribution in [0.4, 0.5) is 8.78 Å². The molecule has 2 aliphatic carbocycles. The Bertz CT molecular complexity index is 384. The van der Waals surface area contributed by atoms with E-state index in [1.165, 1.54) is 12.8 Å². The first-order valence-corrected chi connectivity index (χ1v) is 13.2. The van der Waals surface area contributed by atoms with E-state index in [0.717, 1.165) is 32.0 Å². The van der Waals surface area contributed by atoms with Crippen molar-refractivity contribution in [1.82, 2.24) is 0 Å². The Kier molecular flexibility index (Phi) is 20.2. The molecule has 1 heterocycles. The maximum atomic E-state index is 12.6. The van der Waals surface area contributed by atoms with E-state index in [2.05, 4.69) is 20.8 Å². The quantitative estimate of drug-likeness (QED) is 0.388. The van der Waals surface area contributed by atoms with Crippen LogP contribution in [0, 0.1) is 23.2 Å². The van der Waals surface area contributed by atoms with Crippen molar-refractivity contribution in [3.8, 4) is 0 Å². The molecule has 3 nitrogen and oxygen atoms in total. The van der Waals surface area contributed by atoms with Gasteiger partial charge in [-0.25, -0.2) is 8.78 Å². The second-order valence-electron chi connectivity index (χ2n) is 10.3. The molecule has 0 unspecified atom stereocenters. The fourth-order valence-electron chi connectivity index (χ4n) is 4.15. The first kappa shape index (κ1) is 33.9. The van der Waals surface area contributed by atoms with E-state index in [9.17, 15) is 8.78 Å². The highest BCUT2D eigenvalue weighted by molar-refractivity contribution is 4.78. The van der Waals surface area contributed by atoms with Gasteiger partial charge >= 0.3 is 0 Å². The lowest BCUT2D eigenvalue weighted by Gasteiger charge is -2.33. The Morgan fingerprint density at radius 2 is 1.00 bits per heavy atom. The van der Waals surface area contributed by atoms with Crippen LogP contribution in [0.25, 0.3) is 0 Å². The van der Waals surface area contributed by atoms with Crippen LogP contribution in [0.5, 0.6) is 0 Å². The summed E-state index contributed by atoms with van der Waals surface area (Å²) in [5.41, 5.74) is 0.490. The van der Waals surface area contributed by atoms with E-state index in [0.29, 0.717) is 42.9 Å². The molecule has 0 radical (unpaired) electrons. The van der Waals surface area contributed by atoms with Gasteiger partial charge in [0.2, 0.25) is 0 Å². The Morgan fingerprint density at radius 1 is 0.656 bits per heavy atom. The van der Waals surface area contributed by atoms with Crippen LogP contribution in [0.1, 0.15) is 114 Å². The molecule has 1 saturated heterocycles. The maximum Gasteiger partial charge on any atom is 0.126 e. The van der Waals surface area contributed by atoms with E-state index in [-0.39, 0.29) is 0 Å². The predicted octanol–water partition coefficient (Wildman–Crippen LogP) is 7.52. The Hall–Kier alpha value is -0.260. The van der Waals surface area contributed by atoms with Crippen molar-refractivity contribution in [2.24, 2.45) is 23.2 Å². The first-order chi connectivity index (χ1) is 15.0. The molecule has 2 N–H and O–H groups in total. The molecule has 0 aromatic heterocycles. The van der Waals surface area contributed by atoms with Gasteiger partial charge in [-0.2, -0.15) is 0 Å². The SMILES string of the molecule is CC.CC.CC(C)(C)C1CCOCC1.C[C@@H]1CC[C@@H](O)[C@H](F)C1.C[C@H]1CC[C@H](O)[C@@H](F)C1. The van der Waals surface area contributed by atoms with Gasteiger partial charge in [0, 0.05) is 13.2 Å². The Morgan fingerprint density at radius 3 is 1.22 bits per heavy atom. The van der Waals surface area contributed by atoms with Crippen LogP contribution in [0.3, 0.4) is 0 Å². The average molecular weight is 467 g/mol. The minimum atomic E-state index is -0.964. The molecule has 0 bridgehead atoms. The van der Waals surface area contributed by atoms with Crippen LogP contribution in [-0.4, -0.2) is 48.0 Å². The van der Waals surface area contributed by atoms with Crippen molar-refractivity contribution in [3.05, 3.63) is 0 Å². The summed E-state index contributed by atoms with van der Waals surface area (Å²) in [6.07, 6.45) is 3.54. The molecule has 3 rings (SSSR count). The van der Waals surface area contributed by atoms with Crippen molar-refractivity contribution in [2.45, 2.75) is 138 Å². The van der Waals surface area contributed by atoms with Gasteiger partial charge in [0.05, 0.1) is 12.2 Å². The second-order valence-corrected chi connectivity index (χ2v) is 10.3. The number of rotatable bonds is 0. The molecule has 6 atom stereocenters. The minimum Gasteiger partial charge on any atom is -0.390 e. The summed E-state index contributed by atoms with van der Waals surface area (Å²) in [5, 5.41) is 17.8. The molecule has 3 aliphatic rings. The molecule has 2 saturated carbocycles. The standard InChI is InChI=1S/C9H18O.2C7H13FO.2C2H6/c1-9(2,3)8-4-6-10-7-5-8;2*1-5-2-3-7(9)6(8)4-5;2*1-2/h8H,4-7H2,1-3H3;2*5-7,9H,2-4H2,1H3;2*1-2H3/t;2*5-,6-,7-;;/m.10../s1. The summed E-state index contributed by atoms with van der Waals surface area (Å²) in [4.78, 5) is 0. The zero-order chi connectivity index (χ0) is 25.3. The van der Waals surface area contributed by atoms with E-state index in [1.807, 2.05) is 41.5 Å². The van der Waals surface area contributed by atoms with Crippen LogP contribution in [0.2, 0.25) is 0 Å². The lowest BCUT2D eigenvalue weighted by Crippen LogP contribution is -2.29. The highest BCUT2D eigenvalue weighted by Gasteiger charge is 2.27. The van der Waals surface area contributed by atoms with E-state index < -0.39 is 24.6 Å². The van der Waals surface area contributed by atoms with Gasteiger partial charge in [-0.05, 0) is 74.5 Å². The predicted molar refractivity (Wildman–Crippen MR) is 134 cm³/mol. The molecule has 0 aromatic rings.